The average molecular weight is 198 g/mol. The third kappa shape index (κ3) is 2.90. The minimum Gasteiger partial charge on any atom is -0.330 e. The van der Waals surface area contributed by atoms with Crippen molar-refractivity contribution in [1.82, 2.24) is 4.98 Å². The summed E-state index contributed by atoms with van der Waals surface area (Å²) in [4.78, 5) is 16.5. The summed E-state index contributed by atoms with van der Waals surface area (Å²) < 4.78 is 0. The van der Waals surface area contributed by atoms with Gasteiger partial charge in [-0.15, -0.1) is 11.3 Å². The van der Waals surface area contributed by atoms with E-state index in [0.29, 0.717) is 13.0 Å². The van der Waals surface area contributed by atoms with Crippen LogP contribution < -0.4 is 5.73 Å². The summed E-state index contributed by atoms with van der Waals surface area (Å²) in [6, 6.07) is 0. The predicted molar refractivity (Wildman–Crippen MR) is 53.7 cm³/mol. The highest BCUT2D eigenvalue weighted by molar-refractivity contribution is 7.09. The molecule has 0 saturated carbocycles. The molecule has 0 aliphatic heterocycles. The van der Waals surface area contributed by atoms with Crippen molar-refractivity contribution in [1.29, 1.82) is 0 Å². The van der Waals surface area contributed by atoms with Crippen molar-refractivity contribution in [2.75, 3.05) is 6.54 Å². The van der Waals surface area contributed by atoms with E-state index in [1.807, 2.05) is 6.92 Å². The number of hydrogen-bond donors (Lipinski definition) is 1. The fraction of sp³-hybridized carbons (Fsp3) is 0.556. The SMILES string of the molecule is CCC(CN)C(=O)Cc1cncs1. The van der Waals surface area contributed by atoms with Gasteiger partial charge >= 0.3 is 0 Å². The van der Waals surface area contributed by atoms with E-state index in [1.165, 1.54) is 11.3 Å². The van der Waals surface area contributed by atoms with Crippen LogP contribution in [0.4, 0.5) is 0 Å². The maximum Gasteiger partial charge on any atom is 0.142 e. The van der Waals surface area contributed by atoms with Crippen LogP contribution in [0, 0.1) is 5.92 Å². The first kappa shape index (κ1) is 10.3. The molecular formula is C9H14N2OS. The van der Waals surface area contributed by atoms with Crippen molar-refractivity contribution in [3.8, 4) is 0 Å². The molecule has 0 aromatic carbocycles. The van der Waals surface area contributed by atoms with Gasteiger partial charge in [0, 0.05) is 30.0 Å². The number of rotatable bonds is 5. The summed E-state index contributed by atoms with van der Waals surface area (Å²) in [6.45, 7) is 2.44. The zero-order valence-corrected chi connectivity index (χ0v) is 8.51. The lowest BCUT2D eigenvalue weighted by atomic mass is 9.99. The summed E-state index contributed by atoms with van der Waals surface area (Å²) in [6.07, 6.45) is 3.06. The van der Waals surface area contributed by atoms with Gasteiger partial charge in [-0.05, 0) is 6.42 Å². The number of ketones is 1. The fourth-order valence-electron chi connectivity index (χ4n) is 1.17. The highest BCUT2D eigenvalue weighted by Crippen LogP contribution is 2.11. The molecule has 1 aromatic rings. The molecule has 1 heterocycles. The first-order valence-electron chi connectivity index (χ1n) is 4.38. The van der Waals surface area contributed by atoms with Crippen LogP contribution in [0.25, 0.3) is 0 Å². The third-order valence-electron chi connectivity index (χ3n) is 2.06. The van der Waals surface area contributed by atoms with Crippen LogP contribution in [-0.2, 0) is 11.2 Å². The van der Waals surface area contributed by atoms with Crippen molar-refractivity contribution in [2.24, 2.45) is 11.7 Å². The Bertz CT molecular complexity index is 255. The molecule has 0 radical (unpaired) electrons. The molecule has 0 saturated heterocycles. The van der Waals surface area contributed by atoms with E-state index in [0.717, 1.165) is 11.3 Å². The van der Waals surface area contributed by atoms with E-state index >= 15 is 0 Å². The normalized spacial score (nSPS) is 12.8. The lowest BCUT2D eigenvalue weighted by Gasteiger charge is -2.08. The van der Waals surface area contributed by atoms with Gasteiger partial charge in [0.2, 0.25) is 0 Å². The number of nitrogens with zero attached hydrogens (tertiary/aromatic N) is 1. The van der Waals surface area contributed by atoms with Crippen LogP contribution >= 0.6 is 11.3 Å². The van der Waals surface area contributed by atoms with E-state index in [1.54, 1.807) is 11.7 Å². The minimum absolute atomic E-state index is 0.0158. The summed E-state index contributed by atoms with van der Waals surface area (Å²) in [7, 11) is 0. The fourth-order valence-corrected chi connectivity index (χ4v) is 1.78. The van der Waals surface area contributed by atoms with Gasteiger partial charge in [-0.25, -0.2) is 0 Å². The number of nitrogens with two attached hydrogens (primary N) is 1. The third-order valence-corrected chi connectivity index (χ3v) is 2.84. The molecule has 1 rings (SSSR count). The molecule has 4 heteroatoms. The van der Waals surface area contributed by atoms with Gasteiger partial charge in [-0.3, -0.25) is 9.78 Å². The van der Waals surface area contributed by atoms with Gasteiger partial charge in [-0.1, -0.05) is 6.92 Å². The van der Waals surface area contributed by atoms with Crippen LogP contribution in [0.3, 0.4) is 0 Å². The van der Waals surface area contributed by atoms with Crippen molar-refractivity contribution >= 4 is 17.1 Å². The Balaban J connectivity index is 2.49. The van der Waals surface area contributed by atoms with Gasteiger partial charge in [0.15, 0.2) is 0 Å². The van der Waals surface area contributed by atoms with Gasteiger partial charge in [0.05, 0.1) is 5.51 Å². The highest BCUT2D eigenvalue weighted by atomic mass is 32.1. The first-order valence-corrected chi connectivity index (χ1v) is 5.26. The molecule has 0 aliphatic carbocycles. The minimum atomic E-state index is 0.0158. The number of aromatic nitrogens is 1. The van der Waals surface area contributed by atoms with Gasteiger partial charge in [-0.2, -0.15) is 0 Å². The molecule has 2 N–H and O–H groups in total. The number of hydrogen-bond acceptors (Lipinski definition) is 4. The van der Waals surface area contributed by atoms with Gasteiger partial charge in [0.1, 0.15) is 5.78 Å². The summed E-state index contributed by atoms with van der Waals surface area (Å²) in [5.41, 5.74) is 7.22. The molecule has 0 fully saturated rings. The maximum absolute atomic E-state index is 11.6. The smallest absolute Gasteiger partial charge is 0.142 e. The Morgan fingerprint density at radius 2 is 2.54 bits per heavy atom. The molecule has 0 bridgehead atoms. The van der Waals surface area contributed by atoms with Gasteiger partial charge < -0.3 is 5.73 Å². The molecule has 1 atom stereocenters. The monoisotopic (exact) mass is 198 g/mol. The highest BCUT2D eigenvalue weighted by Gasteiger charge is 2.15. The van der Waals surface area contributed by atoms with E-state index < -0.39 is 0 Å². The first-order chi connectivity index (χ1) is 6.27. The quantitative estimate of drug-likeness (QED) is 0.774. The molecule has 0 aliphatic rings. The van der Waals surface area contributed by atoms with Crippen molar-refractivity contribution in [3.63, 3.8) is 0 Å². The van der Waals surface area contributed by atoms with Gasteiger partial charge in [0.25, 0.3) is 0 Å². The average Bonchev–Trinajstić information content (AvgIpc) is 2.59. The Morgan fingerprint density at radius 1 is 1.77 bits per heavy atom. The Kier molecular flexibility index (Phi) is 4.05. The predicted octanol–water partition coefficient (Wildman–Crippen LogP) is 1.24. The Hall–Kier alpha value is -0.740. The lowest BCUT2D eigenvalue weighted by molar-refractivity contribution is -0.121. The van der Waals surface area contributed by atoms with Crippen LogP contribution in [0.15, 0.2) is 11.7 Å². The standard InChI is InChI=1S/C9H14N2OS/c1-2-7(4-10)9(12)3-8-5-11-6-13-8/h5-7H,2-4,10H2,1H3. The van der Waals surface area contributed by atoms with E-state index in [-0.39, 0.29) is 11.7 Å². The zero-order valence-electron chi connectivity index (χ0n) is 7.69. The van der Waals surface area contributed by atoms with Crippen molar-refractivity contribution in [3.05, 3.63) is 16.6 Å². The Labute approximate surface area is 82.0 Å². The van der Waals surface area contributed by atoms with Crippen LogP contribution in [0.2, 0.25) is 0 Å². The molecule has 72 valence electrons. The van der Waals surface area contributed by atoms with E-state index in [4.69, 9.17) is 5.73 Å². The van der Waals surface area contributed by atoms with Crippen molar-refractivity contribution < 1.29 is 4.79 Å². The number of carbonyl (C=O) groups excluding carboxylic acids is 1. The number of carbonyl (C=O) groups is 1. The number of Topliss-reactive ketones (excluding diaryl/α,β-unsaturated/α-hetero) is 1. The van der Waals surface area contributed by atoms with Crippen molar-refractivity contribution in [2.45, 2.75) is 19.8 Å². The molecule has 3 nitrogen and oxygen atoms in total. The summed E-state index contributed by atoms with van der Waals surface area (Å²) in [5.74, 6) is 0.247. The second-order valence-electron chi connectivity index (χ2n) is 2.95. The molecule has 1 aromatic heterocycles. The Morgan fingerprint density at radius 3 is 3.00 bits per heavy atom. The lowest BCUT2D eigenvalue weighted by Crippen LogP contribution is -2.24. The molecular weight excluding hydrogens is 184 g/mol. The molecule has 13 heavy (non-hydrogen) atoms. The molecule has 0 spiro atoms. The topological polar surface area (TPSA) is 56.0 Å². The largest absolute Gasteiger partial charge is 0.330 e. The maximum atomic E-state index is 11.6. The summed E-state index contributed by atoms with van der Waals surface area (Å²) in [5, 5.41) is 0. The second kappa shape index (κ2) is 5.09. The summed E-state index contributed by atoms with van der Waals surface area (Å²) >= 11 is 1.52. The van der Waals surface area contributed by atoms with E-state index in [9.17, 15) is 4.79 Å². The molecule has 0 amide bonds. The number of thiazole rings is 1. The van der Waals surface area contributed by atoms with Crippen LogP contribution in [0.1, 0.15) is 18.2 Å². The second-order valence-corrected chi connectivity index (χ2v) is 3.92. The molecule has 1 unspecified atom stereocenters. The zero-order chi connectivity index (χ0) is 9.68. The van der Waals surface area contributed by atoms with Crippen LogP contribution in [0.5, 0.6) is 0 Å². The van der Waals surface area contributed by atoms with Crippen LogP contribution in [-0.4, -0.2) is 17.3 Å². The van der Waals surface area contributed by atoms with E-state index in [2.05, 4.69) is 4.98 Å².